The van der Waals surface area contributed by atoms with Crippen LogP contribution in [0.25, 0.3) is 5.65 Å². The number of rotatable bonds is 8. The topological polar surface area (TPSA) is 58.9 Å². The molecular formula is C26H28N4O2. The molecule has 2 aromatic carbocycles. The summed E-state index contributed by atoms with van der Waals surface area (Å²) in [5.41, 5.74) is 5.85. The van der Waals surface area contributed by atoms with E-state index < -0.39 is 0 Å². The number of carbonyl (C=O) groups excluding carboxylic acids is 1. The Hall–Kier alpha value is -3.64. The number of aromatic nitrogens is 2. The molecule has 0 aliphatic carbocycles. The first kappa shape index (κ1) is 21.6. The SMILES string of the molecule is Cc1cccn2cc(COc3ccc(C(=O)NCc4ccccc4CN(C)C)cc3)nc12. The third-order valence-corrected chi connectivity index (χ3v) is 5.28. The highest BCUT2D eigenvalue weighted by atomic mass is 16.5. The van der Waals surface area contributed by atoms with Crippen molar-refractivity contribution < 1.29 is 9.53 Å². The van der Waals surface area contributed by atoms with Gasteiger partial charge in [-0.2, -0.15) is 0 Å². The number of fused-ring (bicyclic) bond motifs is 1. The molecular weight excluding hydrogens is 400 g/mol. The molecule has 0 aliphatic heterocycles. The third kappa shape index (κ3) is 5.15. The maximum atomic E-state index is 12.6. The fourth-order valence-electron chi connectivity index (χ4n) is 3.64. The van der Waals surface area contributed by atoms with E-state index >= 15 is 0 Å². The second kappa shape index (κ2) is 9.66. The number of hydrogen-bond acceptors (Lipinski definition) is 4. The summed E-state index contributed by atoms with van der Waals surface area (Å²) in [6, 6.07) is 19.4. The van der Waals surface area contributed by atoms with Gasteiger partial charge in [0, 0.05) is 31.0 Å². The third-order valence-electron chi connectivity index (χ3n) is 5.28. The van der Waals surface area contributed by atoms with Crippen LogP contribution in [0, 0.1) is 6.92 Å². The van der Waals surface area contributed by atoms with Gasteiger partial charge in [0.15, 0.2) is 0 Å². The molecule has 1 amide bonds. The van der Waals surface area contributed by atoms with Crippen molar-refractivity contribution in [3.05, 3.63) is 101 Å². The number of pyridine rings is 1. The largest absolute Gasteiger partial charge is 0.487 e. The second-order valence-electron chi connectivity index (χ2n) is 8.16. The highest BCUT2D eigenvalue weighted by Crippen LogP contribution is 2.16. The summed E-state index contributed by atoms with van der Waals surface area (Å²) in [5.74, 6) is 0.596. The standard InChI is InChI=1S/C26H28N4O2/c1-19-7-6-14-30-17-23(28-25(19)30)18-32-24-12-10-20(11-13-24)26(31)27-15-21-8-4-5-9-22(21)16-29(2)3/h4-14,17H,15-16,18H2,1-3H3,(H,27,31). The summed E-state index contributed by atoms with van der Waals surface area (Å²) in [6.45, 7) is 3.74. The van der Waals surface area contributed by atoms with Crippen LogP contribution in [0.4, 0.5) is 0 Å². The Bertz CT molecular complexity index is 1210. The first-order valence-corrected chi connectivity index (χ1v) is 10.7. The molecule has 0 spiro atoms. The van der Waals surface area contributed by atoms with E-state index in [2.05, 4.69) is 27.3 Å². The molecule has 6 nitrogen and oxygen atoms in total. The number of carbonyl (C=O) groups is 1. The van der Waals surface area contributed by atoms with Gasteiger partial charge in [-0.3, -0.25) is 4.79 Å². The van der Waals surface area contributed by atoms with Crippen molar-refractivity contribution in [3.63, 3.8) is 0 Å². The summed E-state index contributed by atoms with van der Waals surface area (Å²) >= 11 is 0. The van der Waals surface area contributed by atoms with Crippen molar-refractivity contribution in [2.24, 2.45) is 0 Å². The van der Waals surface area contributed by atoms with Crippen LogP contribution in [0.1, 0.15) is 32.7 Å². The molecule has 164 valence electrons. The maximum absolute atomic E-state index is 12.6. The van der Waals surface area contributed by atoms with E-state index in [4.69, 9.17) is 4.74 Å². The number of ether oxygens (including phenoxy) is 1. The summed E-state index contributed by atoms with van der Waals surface area (Å²) in [7, 11) is 4.07. The predicted octanol–water partition coefficient (Wildman–Crippen LogP) is 4.21. The molecule has 4 rings (SSSR count). The summed E-state index contributed by atoms with van der Waals surface area (Å²) in [5, 5.41) is 3.02. The summed E-state index contributed by atoms with van der Waals surface area (Å²) in [4.78, 5) is 19.3. The average Bonchev–Trinajstić information content (AvgIpc) is 3.21. The molecule has 0 fully saturated rings. The van der Waals surface area contributed by atoms with E-state index in [1.165, 1.54) is 5.56 Å². The number of hydrogen-bond donors (Lipinski definition) is 1. The van der Waals surface area contributed by atoms with Crippen molar-refractivity contribution >= 4 is 11.6 Å². The number of amides is 1. The quantitative estimate of drug-likeness (QED) is 0.457. The maximum Gasteiger partial charge on any atom is 0.251 e. The minimum Gasteiger partial charge on any atom is -0.487 e. The molecule has 0 bridgehead atoms. The predicted molar refractivity (Wildman–Crippen MR) is 126 cm³/mol. The zero-order chi connectivity index (χ0) is 22.5. The fourth-order valence-corrected chi connectivity index (χ4v) is 3.64. The lowest BCUT2D eigenvalue weighted by Gasteiger charge is -2.14. The van der Waals surface area contributed by atoms with Gasteiger partial charge in [-0.15, -0.1) is 0 Å². The number of aryl methyl sites for hydroxylation is 1. The van der Waals surface area contributed by atoms with Crippen LogP contribution in [-0.2, 0) is 19.7 Å². The van der Waals surface area contributed by atoms with Gasteiger partial charge in [0.2, 0.25) is 0 Å². The van der Waals surface area contributed by atoms with Crippen LogP contribution in [0.2, 0.25) is 0 Å². The second-order valence-corrected chi connectivity index (χ2v) is 8.16. The fraction of sp³-hybridized carbons (Fsp3) is 0.231. The van der Waals surface area contributed by atoms with Crippen LogP contribution in [0.5, 0.6) is 5.75 Å². The summed E-state index contributed by atoms with van der Waals surface area (Å²) < 4.78 is 7.86. The number of benzene rings is 2. The molecule has 1 N–H and O–H groups in total. The average molecular weight is 429 g/mol. The lowest BCUT2D eigenvalue weighted by atomic mass is 10.1. The van der Waals surface area contributed by atoms with Crippen LogP contribution in [0.3, 0.4) is 0 Å². The molecule has 0 saturated heterocycles. The normalized spacial score (nSPS) is 11.1. The van der Waals surface area contributed by atoms with Crippen molar-refractivity contribution in [3.8, 4) is 5.75 Å². The zero-order valence-corrected chi connectivity index (χ0v) is 18.7. The Kier molecular flexibility index (Phi) is 6.52. The van der Waals surface area contributed by atoms with Gasteiger partial charge in [0.25, 0.3) is 5.91 Å². The lowest BCUT2D eigenvalue weighted by Crippen LogP contribution is -2.24. The Morgan fingerprint density at radius 2 is 1.78 bits per heavy atom. The summed E-state index contributed by atoms with van der Waals surface area (Å²) in [6.07, 6.45) is 3.95. The molecule has 32 heavy (non-hydrogen) atoms. The molecule has 6 heteroatoms. The molecule has 0 radical (unpaired) electrons. The molecule has 2 heterocycles. The van der Waals surface area contributed by atoms with Gasteiger partial charge in [-0.05, 0) is 68.0 Å². The van der Waals surface area contributed by atoms with Gasteiger partial charge in [0.05, 0.1) is 5.69 Å². The van der Waals surface area contributed by atoms with Crippen LogP contribution < -0.4 is 10.1 Å². The van der Waals surface area contributed by atoms with Crippen molar-refractivity contribution in [1.29, 1.82) is 0 Å². The first-order valence-electron chi connectivity index (χ1n) is 10.7. The van der Waals surface area contributed by atoms with Crippen LogP contribution >= 0.6 is 0 Å². The van der Waals surface area contributed by atoms with Gasteiger partial charge in [0.1, 0.15) is 18.0 Å². The van der Waals surface area contributed by atoms with Gasteiger partial charge in [-0.25, -0.2) is 4.98 Å². The molecule has 0 saturated carbocycles. The van der Waals surface area contributed by atoms with E-state index in [-0.39, 0.29) is 5.91 Å². The van der Waals surface area contributed by atoms with E-state index in [0.29, 0.717) is 24.5 Å². The van der Waals surface area contributed by atoms with Gasteiger partial charge >= 0.3 is 0 Å². The molecule has 4 aromatic rings. The highest BCUT2D eigenvalue weighted by Gasteiger charge is 2.09. The van der Waals surface area contributed by atoms with E-state index in [1.54, 1.807) is 12.1 Å². The minimum atomic E-state index is -0.105. The number of nitrogens with one attached hydrogen (secondary N) is 1. The Morgan fingerprint density at radius 1 is 1.03 bits per heavy atom. The highest BCUT2D eigenvalue weighted by molar-refractivity contribution is 5.94. The Morgan fingerprint density at radius 3 is 2.50 bits per heavy atom. The molecule has 0 aliphatic rings. The molecule has 2 aromatic heterocycles. The molecule has 0 unspecified atom stereocenters. The number of imidazole rings is 1. The Balaban J connectivity index is 1.34. The minimum absolute atomic E-state index is 0.105. The van der Waals surface area contributed by atoms with Crippen molar-refractivity contribution in [2.45, 2.75) is 26.6 Å². The van der Waals surface area contributed by atoms with Gasteiger partial charge in [-0.1, -0.05) is 30.3 Å². The lowest BCUT2D eigenvalue weighted by molar-refractivity contribution is 0.0950. The smallest absolute Gasteiger partial charge is 0.251 e. The van der Waals surface area contributed by atoms with Crippen LogP contribution in [-0.4, -0.2) is 34.3 Å². The monoisotopic (exact) mass is 428 g/mol. The van der Waals surface area contributed by atoms with E-state index in [0.717, 1.165) is 29.0 Å². The van der Waals surface area contributed by atoms with Crippen LogP contribution in [0.15, 0.2) is 73.1 Å². The van der Waals surface area contributed by atoms with E-state index in [1.807, 2.05) is 74.2 Å². The van der Waals surface area contributed by atoms with Gasteiger partial charge < -0.3 is 19.4 Å². The zero-order valence-electron chi connectivity index (χ0n) is 18.7. The first-order chi connectivity index (χ1) is 15.5. The van der Waals surface area contributed by atoms with Crippen molar-refractivity contribution in [1.82, 2.24) is 19.6 Å². The molecule has 0 atom stereocenters. The number of nitrogens with zero attached hydrogens (tertiary/aromatic N) is 3. The Labute approximate surface area is 188 Å². The van der Waals surface area contributed by atoms with Crippen molar-refractivity contribution in [2.75, 3.05) is 14.1 Å². The van der Waals surface area contributed by atoms with E-state index in [9.17, 15) is 4.79 Å².